The van der Waals surface area contributed by atoms with Crippen LogP contribution < -0.4 is 0 Å². The molecular weight excluding hydrogens is 412 g/mol. The van der Waals surface area contributed by atoms with Crippen LogP contribution in [0.25, 0.3) is 0 Å². The fourth-order valence-corrected chi connectivity index (χ4v) is 7.20. The normalized spacial score (nSPS) is 21.7. The van der Waals surface area contributed by atoms with E-state index in [1.54, 1.807) is 24.3 Å². The molecule has 3 aliphatic rings. The summed E-state index contributed by atoms with van der Waals surface area (Å²) in [5, 5.41) is 0. The van der Waals surface area contributed by atoms with Gasteiger partial charge in [0.2, 0.25) is 21.6 Å². The summed E-state index contributed by atoms with van der Waals surface area (Å²) in [4.78, 5) is 28.7. The number of nitrogens with zero attached hydrogens (tertiary/aromatic N) is 2. The summed E-state index contributed by atoms with van der Waals surface area (Å²) < 4.78 is 29.4. The number of benzene rings is 1. The minimum Gasteiger partial charge on any atom is -0.367 e. The van der Waals surface area contributed by atoms with Gasteiger partial charge in [0.25, 0.3) is 0 Å². The van der Waals surface area contributed by atoms with Crippen molar-refractivity contribution in [1.82, 2.24) is 9.21 Å². The fourth-order valence-electron chi connectivity index (χ4n) is 5.21. The zero-order valence-electron chi connectivity index (χ0n) is 18.5. The highest BCUT2D eigenvalue weighted by atomic mass is 32.2. The topological polar surface area (TPSA) is 74.8 Å². The molecule has 1 aliphatic heterocycles. The first-order valence-electron chi connectivity index (χ1n) is 11.6. The molecule has 2 aliphatic carbocycles. The zero-order valence-corrected chi connectivity index (χ0v) is 19.3. The standard InChI is InChI=1S/C24H32N2O4S/c1-3-26(18-9-5-4-6-10-18)31(29,30)24-21(25-15-13-17(2)14-16-25)22(27)19-11-7-8-12-20(19)23(24)28/h7-8,11-12,17-18H,3-6,9-10,13-16H2,1-2H3. The summed E-state index contributed by atoms with van der Waals surface area (Å²) in [7, 11) is -4.11. The zero-order chi connectivity index (χ0) is 22.2. The van der Waals surface area contributed by atoms with Gasteiger partial charge in [-0.15, -0.1) is 0 Å². The fraction of sp³-hybridized carbons (Fsp3) is 0.583. The smallest absolute Gasteiger partial charge is 0.249 e. The molecule has 1 aromatic carbocycles. The molecule has 0 bridgehead atoms. The molecule has 6 nitrogen and oxygen atoms in total. The van der Waals surface area contributed by atoms with Gasteiger partial charge in [0, 0.05) is 36.8 Å². The van der Waals surface area contributed by atoms with Gasteiger partial charge >= 0.3 is 0 Å². The summed E-state index contributed by atoms with van der Waals surface area (Å²) >= 11 is 0. The Balaban J connectivity index is 1.85. The van der Waals surface area contributed by atoms with Gasteiger partial charge in [-0.3, -0.25) is 9.59 Å². The molecule has 0 atom stereocenters. The number of rotatable bonds is 5. The van der Waals surface area contributed by atoms with Gasteiger partial charge in [-0.25, -0.2) is 8.42 Å². The van der Waals surface area contributed by atoms with Crippen LogP contribution in [-0.2, 0) is 10.0 Å². The van der Waals surface area contributed by atoms with Crippen molar-refractivity contribution >= 4 is 21.6 Å². The van der Waals surface area contributed by atoms with E-state index in [-0.39, 0.29) is 28.0 Å². The summed E-state index contributed by atoms with van der Waals surface area (Å²) in [6.45, 7) is 5.45. The lowest BCUT2D eigenvalue weighted by Gasteiger charge is -2.38. The molecule has 0 spiro atoms. The minimum atomic E-state index is -4.11. The molecule has 4 rings (SSSR count). The number of carbonyl (C=O) groups excluding carboxylic acids is 2. The highest BCUT2D eigenvalue weighted by molar-refractivity contribution is 7.94. The average molecular weight is 445 g/mol. The molecule has 7 heteroatoms. The molecule has 2 fully saturated rings. The maximum Gasteiger partial charge on any atom is 0.249 e. The lowest BCUT2D eigenvalue weighted by molar-refractivity contribution is 0.0931. The second-order valence-electron chi connectivity index (χ2n) is 9.05. The SMILES string of the molecule is CCN(C1CCCCC1)S(=O)(=O)C1=C(N2CCC(C)CC2)C(=O)c2ccccc2C1=O. The Morgan fingerprint density at radius 2 is 1.52 bits per heavy atom. The van der Waals surface area contributed by atoms with E-state index in [1.807, 2.05) is 11.8 Å². The van der Waals surface area contributed by atoms with Crippen LogP contribution in [0, 0.1) is 5.92 Å². The number of allylic oxidation sites excluding steroid dienone is 2. The van der Waals surface area contributed by atoms with Crippen LogP contribution in [0.2, 0.25) is 0 Å². The third-order valence-electron chi connectivity index (χ3n) is 7.01. The summed E-state index contributed by atoms with van der Waals surface area (Å²) in [6, 6.07) is 6.49. The van der Waals surface area contributed by atoms with Gasteiger partial charge in [0.1, 0.15) is 5.70 Å². The van der Waals surface area contributed by atoms with Crippen LogP contribution in [0.3, 0.4) is 0 Å². The highest BCUT2D eigenvalue weighted by Gasteiger charge is 2.45. The number of fused-ring (bicyclic) bond motifs is 1. The third kappa shape index (κ3) is 3.98. The summed E-state index contributed by atoms with van der Waals surface area (Å²) in [5.41, 5.74) is 0.588. The number of carbonyl (C=O) groups is 2. The van der Waals surface area contributed by atoms with E-state index in [0.717, 1.165) is 44.9 Å². The number of likely N-dealkylation sites (tertiary alicyclic amines) is 1. The maximum atomic E-state index is 14.0. The molecular formula is C24H32N2O4S. The Hall–Kier alpha value is -1.99. The molecule has 1 saturated heterocycles. The first kappa shape index (κ1) is 22.2. The van der Waals surface area contributed by atoms with Crippen LogP contribution in [0.5, 0.6) is 0 Å². The predicted octanol–water partition coefficient (Wildman–Crippen LogP) is 3.99. The minimum absolute atomic E-state index is 0.0878. The Bertz CT molecular complexity index is 1000. The largest absolute Gasteiger partial charge is 0.367 e. The van der Waals surface area contributed by atoms with Crippen LogP contribution in [0.4, 0.5) is 0 Å². The molecule has 0 radical (unpaired) electrons. The second kappa shape index (κ2) is 8.87. The van der Waals surface area contributed by atoms with Crippen molar-refractivity contribution in [3.8, 4) is 0 Å². The van der Waals surface area contributed by atoms with Crippen LogP contribution >= 0.6 is 0 Å². The van der Waals surface area contributed by atoms with Gasteiger partial charge in [0.05, 0.1) is 0 Å². The Labute approximate surface area is 185 Å². The third-order valence-corrected chi connectivity index (χ3v) is 9.08. The van der Waals surface area contributed by atoms with Gasteiger partial charge in [-0.1, -0.05) is 57.4 Å². The molecule has 1 saturated carbocycles. The predicted molar refractivity (Wildman–Crippen MR) is 120 cm³/mol. The van der Waals surface area contributed by atoms with E-state index in [9.17, 15) is 18.0 Å². The molecule has 31 heavy (non-hydrogen) atoms. The number of hydrogen-bond acceptors (Lipinski definition) is 5. The molecule has 0 aromatic heterocycles. The number of hydrogen-bond donors (Lipinski definition) is 0. The quantitative estimate of drug-likeness (QED) is 0.686. The number of piperidine rings is 1. The lowest BCUT2D eigenvalue weighted by Crippen LogP contribution is -2.46. The molecule has 168 valence electrons. The van der Waals surface area contributed by atoms with Crippen molar-refractivity contribution in [2.45, 2.75) is 64.8 Å². The molecule has 0 amide bonds. The Kier molecular flexibility index (Phi) is 6.35. The highest BCUT2D eigenvalue weighted by Crippen LogP contribution is 2.36. The summed E-state index contributed by atoms with van der Waals surface area (Å²) in [5.74, 6) is -0.367. The Morgan fingerprint density at radius 1 is 0.935 bits per heavy atom. The summed E-state index contributed by atoms with van der Waals surface area (Å²) in [6.07, 6.45) is 6.44. The van der Waals surface area contributed by atoms with Crippen LogP contribution in [-0.4, -0.2) is 54.9 Å². The molecule has 1 aromatic rings. The van der Waals surface area contributed by atoms with E-state index in [1.165, 1.54) is 4.31 Å². The van der Waals surface area contributed by atoms with Gasteiger partial charge in [-0.05, 0) is 31.6 Å². The van der Waals surface area contributed by atoms with Gasteiger partial charge in [0.15, 0.2) is 4.91 Å². The van der Waals surface area contributed by atoms with Crippen molar-refractivity contribution < 1.29 is 18.0 Å². The first-order chi connectivity index (χ1) is 14.9. The van der Waals surface area contributed by atoms with E-state index in [4.69, 9.17) is 0 Å². The second-order valence-corrected chi connectivity index (χ2v) is 10.9. The first-order valence-corrected chi connectivity index (χ1v) is 13.0. The van der Waals surface area contributed by atoms with Gasteiger partial charge in [-0.2, -0.15) is 4.31 Å². The van der Waals surface area contributed by atoms with Crippen LogP contribution in [0.15, 0.2) is 34.9 Å². The number of sulfonamides is 1. The molecule has 0 N–H and O–H groups in total. The lowest BCUT2D eigenvalue weighted by atomic mass is 9.90. The van der Waals surface area contributed by atoms with Crippen molar-refractivity contribution in [2.24, 2.45) is 5.92 Å². The van der Waals surface area contributed by atoms with E-state index >= 15 is 0 Å². The Morgan fingerprint density at radius 3 is 2.10 bits per heavy atom. The van der Waals surface area contributed by atoms with Crippen molar-refractivity contribution in [2.75, 3.05) is 19.6 Å². The molecule has 0 unspecified atom stereocenters. The van der Waals surface area contributed by atoms with Crippen molar-refractivity contribution in [3.63, 3.8) is 0 Å². The van der Waals surface area contributed by atoms with E-state index in [2.05, 4.69) is 6.92 Å². The van der Waals surface area contributed by atoms with E-state index < -0.39 is 15.8 Å². The van der Waals surface area contributed by atoms with Crippen LogP contribution in [0.1, 0.15) is 79.5 Å². The monoisotopic (exact) mass is 444 g/mol. The van der Waals surface area contributed by atoms with Crippen molar-refractivity contribution in [3.05, 3.63) is 46.0 Å². The number of Topliss-reactive ketones (excluding diaryl/α,β-unsaturated/α-hetero) is 2. The van der Waals surface area contributed by atoms with Gasteiger partial charge < -0.3 is 4.90 Å². The average Bonchev–Trinajstić information content (AvgIpc) is 2.77. The van der Waals surface area contributed by atoms with Crippen molar-refractivity contribution in [1.29, 1.82) is 0 Å². The number of ketones is 2. The maximum absolute atomic E-state index is 14.0. The molecule has 1 heterocycles. The van der Waals surface area contributed by atoms with E-state index in [0.29, 0.717) is 31.1 Å².